The van der Waals surface area contributed by atoms with Crippen LogP contribution in [0.25, 0.3) is 5.73 Å². The first-order valence-corrected chi connectivity index (χ1v) is 8.62. The third-order valence-corrected chi connectivity index (χ3v) is 3.11. The minimum absolute atomic E-state index is 0. The Hall–Kier alpha value is -0.182. The monoisotopic (exact) mass is 581 g/mol. The maximum Gasteiger partial charge on any atom is 2.00 e. The molecular formula is C14H31N2O8PPt. The Kier molecular flexibility index (Phi) is 34.7. The van der Waals surface area contributed by atoms with Gasteiger partial charge in [0.05, 0.1) is 12.3 Å². The van der Waals surface area contributed by atoms with Gasteiger partial charge in [0, 0.05) is 0 Å². The predicted molar refractivity (Wildman–Crippen MR) is 95.3 cm³/mol. The molecule has 0 amide bonds. The van der Waals surface area contributed by atoms with Gasteiger partial charge in [-0.3, -0.25) is 9.59 Å². The molecule has 0 heterocycles. The second-order valence-corrected chi connectivity index (χ2v) is 5.20. The van der Waals surface area contributed by atoms with E-state index >= 15 is 0 Å². The van der Waals surface area contributed by atoms with Crippen molar-refractivity contribution in [3.05, 3.63) is 12.7 Å². The molecule has 0 bridgehead atoms. The average molecular weight is 581 g/mol. The Morgan fingerprint density at radius 2 is 1.69 bits per heavy atom. The van der Waals surface area contributed by atoms with Crippen molar-refractivity contribution in [2.75, 3.05) is 26.2 Å². The first-order valence-electron chi connectivity index (χ1n) is 7.80. The maximum absolute atomic E-state index is 10.7. The standard InChI is InChI=1S/C10H19NO4.C4H9N.H3O4P.Pt/c1-3-11(4-2)6-5-8(10(14)15)7-9(12)13;1-2-3-4-5;1-3-5-4-2;/h8H,3-7H2,1-2H3,(H,12,13)(H,14,15);5H,1-4H2;1-2,5H;/q;-2;;+2. The van der Waals surface area contributed by atoms with E-state index in [-0.39, 0.29) is 27.5 Å². The van der Waals surface area contributed by atoms with Crippen molar-refractivity contribution in [3.63, 3.8) is 0 Å². The second kappa shape index (κ2) is 27.0. The number of carboxylic acids is 2. The molecule has 10 nitrogen and oxygen atoms in total. The van der Waals surface area contributed by atoms with Gasteiger partial charge in [-0.1, -0.05) is 20.3 Å². The zero-order chi connectivity index (χ0) is 20.1. The summed E-state index contributed by atoms with van der Waals surface area (Å²) in [5.74, 6) is -2.85. The summed E-state index contributed by atoms with van der Waals surface area (Å²) < 4.78 is 6.49. The van der Waals surface area contributed by atoms with E-state index < -0.39 is 26.9 Å². The number of carbonyl (C=O) groups is 2. The number of carboxylic acid groups (broad SMARTS) is 2. The van der Waals surface area contributed by atoms with Gasteiger partial charge < -0.3 is 27.8 Å². The summed E-state index contributed by atoms with van der Waals surface area (Å²) in [6.45, 7) is 10.4. The fourth-order valence-electron chi connectivity index (χ4n) is 1.54. The fourth-order valence-corrected chi connectivity index (χ4v) is 1.58. The molecular weight excluding hydrogens is 550 g/mol. The Morgan fingerprint density at radius 1 is 1.19 bits per heavy atom. The maximum atomic E-state index is 10.7. The Labute approximate surface area is 171 Å². The molecule has 5 N–H and O–H groups in total. The van der Waals surface area contributed by atoms with Crippen LogP contribution in [-0.2, 0) is 40.0 Å². The molecule has 0 fully saturated rings. The van der Waals surface area contributed by atoms with Crippen LogP contribution in [0, 0.1) is 12.8 Å². The largest absolute Gasteiger partial charge is 2.00 e. The van der Waals surface area contributed by atoms with Crippen molar-refractivity contribution in [2.24, 2.45) is 5.92 Å². The minimum atomic E-state index is -1.05. The van der Waals surface area contributed by atoms with Crippen LogP contribution >= 0.6 is 9.03 Å². The third kappa shape index (κ3) is 28.6. The van der Waals surface area contributed by atoms with Crippen LogP contribution in [-0.4, -0.2) is 63.7 Å². The normalized spacial score (nSPS) is 10.6. The van der Waals surface area contributed by atoms with E-state index in [9.17, 15) is 9.59 Å². The number of nitrogens with zero attached hydrogens (tertiary/aromatic N) is 1. The van der Waals surface area contributed by atoms with Crippen molar-refractivity contribution in [3.8, 4) is 0 Å². The smallest absolute Gasteiger partial charge is 0.677 e. The fraction of sp³-hybridized carbons (Fsp3) is 0.786. The molecule has 0 aliphatic rings. The quantitative estimate of drug-likeness (QED) is 0.118. The average Bonchev–Trinajstić information content (AvgIpc) is 2.57. The molecule has 12 heteroatoms. The zero-order valence-corrected chi connectivity index (χ0v) is 18.4. The first kappa shape index (κ1) is 33.4. The Morgan fingerprint density at radius 3 is 1.88 bits per heavy atom. The first-order chi connectivity index (χ1) is 11.8. The van der Waals surface area contributed by atoms with Gasteiger partial charge in [0.15, 0.2) is 0 Å². The number of unbranched alkanes of at least 4 members (excludes halogenated alkanes) is 1. The van der Waals surface area contributed by atoms with Crippen LogP contribution in [0.1, 0.15) is 39.5 Å². The number of aliphatic carboxylic acids is 2. The van der Waals surface area contributed by atoms with Crippen molar-refractivity contribution >= 4 is 21.0 Å². The summed E-state index contributed by atoms with van der Waals surface area (Å²) in [4.78, 5) is 23.2. The van der Waals surface area contributed by atoms with Gasteiger partial charge in [0.1, 0.15) is 0 Å². The molecule has 0 saturated heterocycles. The summed E-state index contributed by atoms with van der Waals surface area (Å²) in [5.41, 5.74) is 6.56. The van der Waals surface area contributed by atoms with E-state index in [2.05, 4.69) is 21.2 Å². The molecule has 0 aromatic heterocycles. The van der Waals surface area contributed by atoms with E-state index in [0.29, 0.717) is 19.5 Å². The van der Waals surface area contributed by atoms with Gasteiger partial charge in [-0.2, -0.15) is 22.3 Å². The minimum Gasteiger partial charge on any atom is -0.677 e. The summed E-state index contributed by atoms with van der Waals surface area (Å²) >= 11 is 0. The van der Waals surface area contributed by atoms with Crippen LogP contribution in [0.15, 0.2) is 0 Å². The number of rotatable bonds is 12. The summed E-state index contributed by atoms with van der Waals surface area (Å²) in [6.07, 6.45) is 1.95. The van der Waals surface area contributed by atoms with Gasteiger partial charge in [-0.15, -0.1) is 0 Å². The van der Waals surface area contributed by atoms with E-state index in [4.69, 9.17) is 26.5 Å². The number of hydrogen-bond donors (Lipinski definition) is 4. The van der Waals surface area contributed by atoms with Gasteiger partial charge in [-0.05, 0) is 26.1 Å². The topological polar surface area (TPSA) is 161 Å². The molecule has 0 rings (SSSR count). The van der Waals surface area contributed by atoms with Gasteiger partial charge in [-0.25, -0.2) is 10.5 Å². The van der Waals surface area contributed by atoms with E-state index in [1.165, 1.54) is 0 Å². The molecule has 0 spiro atoms. The molecule has 0 aromatic carbocycles. The van der Waals surface area contributed by atoms with Gasteiger partial charge >= 0.3 is 33.0 Å². The Balaban J connectivity index is -0.000000182. The summed E-state index contributed by atoms with van der Waals surface area (Å²) in [6, 6.07) is 0. The molecule has 26 heavy (non-hydrogen) atoms. The van der Waals surface area contributed by atoms with Crippen LogP contribution in [0.3, 0.4) is 0 Å². The zero-order valence-electron chi connectivity index (χ0n) is 15.1. The third-order valence-electron chi connectivity index (χ3n) is 2.96. The molecule has 160 valence electrons. The predicted octanol–water partition coefficient (Wildman–Crippen LogP) is 3.02. The van der Waals surface area contributed by atoms with Crippen molar-refractivity contribution in [1.29, 1.82) is 0 Å². The second-order valence-electron chi connectivity index (χ2n) is 4.67. The SMILES string of the molecule is CCN(CC)CCC(CC(=O)O)C(=O)O.OOPOO.[CH2-]CCC[NH-].[Pt+2]. The van der Waals surface area contributed by atoms with E-state index in [1.807, 2.05) is 13.8 Å². The number of hydrogen-bond acceptors (Lipinski definition) is 7. The van der Waals surface area contributed by atoms with Crippen LogP contribution in [0.4, 0.5) is 0 Å². The van der Waals surface area contributed by atoms with Crippen molar-refractivity contribution < 1.29 is 60.7 Å². The number of nitrogens with one attached hydrogen (secondary N) is 1. The molecule has 0 radical (unpaired) electrons. The van der Waals surface area contributed by atoms with Crippen molar-refractivity contribution in [1.82, 2.24) is 4.90 Å². The Bertz CT molecular complexity index is 303. The molecule has 0 aliphatic carbocycles. The molecule has 1 unspecified atom stereocenters. The molecule has 0 aliphatic heterocycles. The van der Waals surface area contributed by atoms with Gasteiger partial charge in [0.2, 0.25) is 9.03 Å². The molecule has 0 aromatic rings. The summed E-state index contributed by atoms with van der Waals surface area (Å²) in [7, 11) is -0.691. The summed E-state index contributed by atoms with van der Waals surface area (Å²) in [5, 5.41) is 31.9. The van der Waals surface area contributed by atoms with Crippen LogP contribution in [0.5, 0.6) is 0 Å². The van der Waals surface area contributed by atoms with Gasteiger partial charge in [0.25, 0.3) is 0 Å². The van der Waals surface area contributed by atoms with E-state index in [1.54, 1.807) is 0 Å². The van der Waals surface area contributed by atoms with Crippen molar-refractivity contribution in [2.45, 2.75) is 39.5 Å². The van der Waals surface area contributed by atoms with Crippen LogP contribution < -0.4 is 0 Å². The van der Waals surface area contributed by atoms with E-state index in [0.717, 1.165) is 25.9 Å². The molecule has 0 saturated carbocycles. The van der Waals surface area contributed by atoms with Crippen LogP contribution in [0.2, 0.25) is 0 Å². The molecule has 1 atom stereocenters.